The fourth-order valence-electron chi connectivity index (χ4n) is 2.55. The summed E-state index contributed by atoms with van der Waals surface area (Å²) in [6.07, 6.45) is 2.22. The van der Waals surface area contributed by atoms with Crippen LogP contribution >= 0.6 is 11.6 Å². The Labute approximate surface area is 144 Å². The molecule has 3 aromatic rings. The molecule has 0 aliphatic heterocycles. The van der Waals surface area contributed by atoms with Gasteiger partial charge in [-0.3, -0.25) is 0 Å². The van der Waals surface area contributed by atoms with Crippen molar-refractivity contribution >= 4 is 32.5 Å². The van der Waals surface area contributed by atoms with E-state index in [1.165, 1.54) is 24.3 Å². The number of hydrogen-bond donors (Lipinski definition) is 2. The number of aryl methyl sites for hydroxylation is 1. The molecule has 0 radical (unpaired) electrons. The first-order chi connectivity index (χ1) is 11.4. The topological polar surface area (TPSA) is 62.0 Å². The Kier molecular flexibility index (Phi) is 4.62. The summed E-state index contributed by atoms with van der Waals surface area (Å²) in [5, 5.41) is 1.28. The number of benzene rings is 2. The fraction of sp³-hybridized carbons (Fsp3) is 0.176. The van der Waals surface area contributed by atoms with Crippen molar-refractivity contribution in [2.24, 2.45) is 0 Å². The minimum atomic E-state index is -3.61. The van der Waals surface area contributed by atoms with Crippen molar-refractivity contribution in [1.82, 2.24) is 9.71 Å². The predicted octanol–water partition coefficient (Wildman–Crippen LogP) is 3.79. The van der Waals surface area contributed by atoms with Crippen molar-refractivity contribution in [1.29, 1.82) is 0 Å². The number of fused-ring (bicyclic) bond motifs is 1. The van der Waals surface area contributed by atoms with Crippen LogP contribution in [0.1, 0.15) is 11.1 Å². The first-order valence-corrected chi connectivity index (χ1v) is 9.24. The average molecular weight is 367 g/mol. The molecular formula is C17H16ClFN2O2S. The van der Waals surface area contributed by atoms with Gasteiger partial charge in [-0.15, -0.1) is 0 Å². The molecule has 0 bridgehead atoms. The van der Waals surface area contributed by atoms with Crippen molar-refractivity contribution < 1.29 is 12.8 Å². The van der Waals surface area contributed by atoms with Crippen LogP contribution in [0.5, 0.6) is 0 Å². The molecule has 1 aromatic heterocycles. The van der Waals surface area contributed by atoms with Crippen LogP contribution < -0.4 is 4.72 Å². The summed E-state index contributed by atoms with van der Waals surface area (Å²) in [4.78, 5) is 3.23. The van der Waals surface area contributed by atoms with Crippen LogP contribution in [-0.2, 0) is 16.4 Å². The van der Waals surface area contributed by atoms with Gasteiger partial charge in [-0.1, -0.05) is 11.6 Å². The third-order valence-corrected chi connectivity index (χ3v) is 5.74. The number of nitrogens with one attached hydrogen (secondary N) is 2. The number of aromatic amines is 1. The normalized spacial score (nSPS) is 12.0. The highest BCUT2D eigenvalue weighted by Crippen LogP contribution is 2.21. The summed E-state index contributed by atoms with van der Waals surface area (Å²) in [5.74, 6) is -0.319. The molecule has 0 saturated heterocycles. The molecule has 0 fully saturated rings. The average Bonchev–Trinajstić information content (AvgIpc) is 2.92. The number of rotatable bonds is 5. The van der Waals surface area contributed by atoms with Crippen LogP contribution in [0.2, 0.25) is 5.02 Å². The zero-order valence-corrected chi connectivity index (χ0v) is 14.5. The van der Waals surface area contributed by atoms with Gasteiger partial charge < -0.3 is 4.98 Å². The summed E-state index contributed by atoms with van der Waals surface area (Å²) >= 11 is 5.92. The summed E-state index contributed by atoms with van der Waals surface area (Å²) in [6, 6.07) is 9.06. The molecule has 0 aliphatic rings. The summed E-state index contributed by atoms with van der Waals surface area (Å²) in [7, 11) is -3.61. The minimum absolute atomic E-state index is 0.175. The van der Waals surface area contributed by atoms with Crippen molar-refractivity contribution in [2.75, 3.05) is 6.54 Å². The number of aromatic nitrogens is 1. The van der Waals surface area contributed by atoms with Crippen LogP contribution in [0.4, 0.5) is 4.39 Å². The third-order valence-electron chi connectivity index (χ3n) is 3.86. The van der Waals surface area contributed by atoms with Crippen molar-refractivity contribution in [3.8, 4) is 0 Å². The Bertz CT molecular complexity index is 999. The van der Waals surface area contributed by atoms with E-state index in [2.05, 4.69) is 9.71 Å². The molecule has 2 N–H and O–H groups in total. The molecule has 0 amide bonds. The molecule has 0 unspecified atom stereocenters. The molecule has 0 atom stereocenters. The summed E-state index contributed by atoms with van der Waals surface area (Å²) in [5.41, 5.74) is 2.38. The van der Waals surface area contributed by atoms with Gasteiger partial charge in [0.05, 0.1) is 4.90 Å². The van der Waals surface area contributed by atoms with E-state index in [1.54, 1.807) is 25.3 Å². The van der Waals surface area contributed by atoms with Crippen LogP contribution in [0.25, 0.3) is 10.9 Å². The maximum Gasteiger partial charge on any atom is 0.240 e. The second kappa shape index (κ2) is 6.55. The molecule has 0 saturated carbocycles. The van der Waals surface area contributed by atoms with Gasteiger partial charge in [-0.05, 0) is 60.9 Å². The molecule has 0 aliphatic carbocycles. The number of sulfonamides is 1. The van der Waals surface area contributed by atoms with Crippen LogP contribution in [0, 0.1) is 12.7 Å². The minimum Gasteiger partial charge on any atom is -0.361 e. The monoisotopic (exact) mass is 366 g/mol. The molecular weight excluding hydrogens is 351 g/mol. The largest absolute Gasteiger partial charge is 0.361 e. The lowest BCUT2D eigenvalue weighted by Gasteiger charge is -2.08. The van der Waals surface area contributed by atoms with E-state index >= 15 is 0 Å². The summed E-state index contributed by atoms with van der Waals surface area (Å²) in [6.45, 7) is 1.97. The molecule has 2 aromatic carbocycles. The van der Waals surface area contributed by atoms with Gasteiger partial charge in [0.2, 0.25) is 10.0 Å². The van der Waals surface area contributed by atoms with Crippen molar-refractivity contribution in [3.63, 3.8) is 0 Å². The van der Waals surface area contributed by atoms with E-state index in [0.717, 1.165) is 16.5 Å². The van der Waals surface area contributed by atoms with Crippen LogP contribution in [0.3, 0.4) is 0 Å². The predicted molar refractivity (Wildman–Crippen MR) is 93.3 cm³/mol. The second-order valence-electron chi connectivity index (χ2n) is 5.56. The molecule has 24 heavy (non-hydrogen) atoms. The standard InChI is InChI=1S/C17H16ClFN2O2S/c1-11-8-14(3-4-16(11)18)24(22,23)21-7-6-12-10-20-17-5-2-13(19)9-15(12)17/h2-5,8-10,20-21H,6-7H2,1H3. The highest BCUT2D eigenvalue weighted by Gasteiger charge is 2.15. The smallest absolute Gasteiger partial charge is 0.240 e. The van der Waals surface area contributed by atoms with Gasteiger partial charge in [0, 0.05) is 28.7 Å². The Morgan fingerprint density at radius 2 is 2.00 bits per heavy atom. The van der Waals surface area contributed by atoms with Gasteiger partial charge in [-0.25, -0.2) is 17.5 Å². The van der Waals surface area contributed by atoms with Gasteiger partial charge in [-0.2, -0.15) is 0 Å². The van der Waals surface area contributed by atoms with Crippen molar-refractivity contribution in [2.45, 2.75) is 18.2 Å². The van der Waals surface area contributed by atoms with E-state index in [0.29, 0.717) is 17.0 Å². The fourth-order valence-corrected chi connectivity index (χ4v) is 3.78. The second-order valence-corrected chi connectivity index (χ2v) is 7.74. The lowest BCUT2D eigenvalue weighted by atomic mass is 10.1. The highest BCUT2D eigenvalue weighted by atomic mass is 35.5. The lowest BCUT2D eigenvalue weighted by molar-refractivity contribution is 0.581. The Morgan fingerprint density at radius 1 is 1.21 bits per heavy atom. The zero-order valence-electron chi connectivity index (χ0n) is 12.9. The first-order valence-electron chi connectivity index (χ1n) is 7.38. The Balaban J connectivity index is 1.72. The number of halogens is 2. The Hall–Kier alpha value is -1.89. The zero-order chi connectivity index (χ0) is 17.3. The third kappa shape index (κ3) is 3.45. The molecule has 0 spiro atoms. The van der Waals surface area contributed by atoms with Gasteiger partial charge >= 0.3 is 0 Å². The molecule has 4 nitrogen and oxygen atoms in total. The Morgan fingerprint density at radius 3 is 2.75 bits per heavy atom. The maximum atomic E-state index is 13.4. The maximum absolute atomic E-state index is 13.4. The van der Waals surface area contributed by atoms with Gasteiger partial charge in [0.15, 0.2) is 0 Å². The van der Waals surface area contributed by atoms with E-state index in [9.17, 15) is 12.8 Å². The van der Waals surface area contributed by atoms with E-state index < -0.39 is 10.0 Å². The molecule has 3 rings (SSSR count). The number of hydrogen-bond acceptors (Lipinski definition) is 2. The lowest BCUT2D eigenvalue weighted by Crippen LogP contribution is -2.26. The molecule has 7 heteroatoms. The first kappa shape index (κ1) is 17.0. The molecule has 126 valence electrons. The van der Waals surface area contributed by atoms with E-state index in [-0.39, 0.29) is 17.3 Å². The van der Waals surface area contributed by atoms with Gasteiger partial charge in [0.1, 0.15) is 5.82 Å². The summed E-state index contributed by atoms with van der Waals surface area (Å²) < 4.78 is 40.6. The van der Waals surface area contributed by atoms with E-state index in [4.69, 9.17) is 11.6 Å². The SMILES string of the molecule is Cc1cc(S(=O)(=O)NCCc2c[nH]c3ccc(F)cc23)ccc1Cl. The van der Waals surface area contributed by atoms with Crippen molar-refractivity contribution in [3.05, 3.63) is 64.6 Å². The number of H-pyrrole nitrogens is 1. The highest BCUT2D eigenvalue weighted by molar-refractivity contribution is 7.89. The molecule has 1 heterocycles. The van der Waals surface area contributed by atoms with Crippen LogP contribution in [0.15, 0.2) is 47.5 Å². The van der Waals surface area contributed by atoms with E-state index in [1.807, 2.05) is 0 Å². The van der Waals surface area contributed by atoms with Gasteiger partial charge in [0.25, 0.3) is 0 Å². The van der Waals surface area contributed by atoms with Crippen LogP contribution in [-0.4, -0.2) is 19.9 Å². The quantitative estimate of drug-likeness (QED) is 0.721.